The van der Waals surface area contributed by atoms with Gasteiger partial charge in [0.05, 0.1) is 0 Å². The highest BCUT2D eigenvalue weighted by Crippen LogP contribution is 2.59. The van der Waals surface area contributed by atoms with E-state index < -0.39 is 11.0 Å². The number of ketones is 1. The van der Waals surface area contributed by atoms with Crippen molar-refractivity contribution < 1.29 is 14.3 Å². The predicted octanol–water partition coefficient (Wildman–Crippen LogP) is 2.51. The Morgan fingerprint density at radius 1 is 1.45 bits per heavy atom. The van der Waals surface area contributed by atoms with E-state index in [0.717, 1.165) is 15.8 Å². The number of halogens is 1. The zero-order valence-corrected chi connectivity index (χ0v) is 13.9. The average Bonchev–Trinajstić information content (AvgIpc) is 2.86. The SMILES string of the molecule is CC12CC(=O)CCC1Oc1ccc(Br)cc1C21COC(N)=N1. The molecule has 2 heterocycles. The second-order valence-corrected chi connectivity index (χ2v) is 7.43. The molecule has 4 rings (SSSR count). The second-order valence-electron chi connectivity index (χ2n) is 6.52. The number of nitrogens with zero attached hydrogens (tertiary/aromatic N) is 1. The fourth-order valence-corrected chi connectivity index (χ4v) is 4.44. The number of benzene rings is 1. The number of Topliss-reactive ketones (excluding diaryl/α,β-unsaturated/α-hetero) is 1. The molecule has 116 valence electrons. The van der Waals surface area contributed by atoms with Gasteiger partial charge >= 0.3 is 0 Å². The number of aliphatic imine (C=N–C) groups is 1. The number of nitrogens with two attached hydrogens (primary N) is 1. The van der Waals surface area contributed by atoms with Crippen LogP contribution in [0.15, 0.2) is 27.7 Å². The molecule has 2 N–H and O–H groups in total. The van der Waals surface area contributed by atoms with Crippen LogP contribution in [-0.2, 0) is 15.1 Å². The van der Waals surface area contributed by atoms with E-state index in [1.165, 1.54) is 0 Å². The number of rotatable bonds is 0. The molecule has 1 fully saturated rings. The lowest BCUT2D eigenvalue weighted by Gasteiger charge is -2.53. The van der Waals surface area contributed by atoms with Crippen molar-refractivity contribution in [2.24, 2.45) is 16.1 Å². The first-order chi connectivity index (χ1) is 10.4. The maximum Gasteiger partial charge on any atom is 0.283 e. The molecule has 5 nitrogen and oxygen atoms in total. The van der Waals surface area contributed by atoms with Crippen LogP contribution in [0, 0.1) is 5.41 Å². The molecule has 22 heavy (non-hydrogen) atoms. The summed E-state index contributed by atoms with van der Waals surface area (Å²) < 4.78 is 12.7. The van der Waals surface area contributed by atoms with Crippen LogP contribution in [0.25, 0.3) is 0 Å². The van der Waals surface area contributed by atoms with E-state index >= 15 is 0 Å². The second kappa shape index (κ2) is 4.47. The summed E-state index contributed by atoms with van der Waals surface area (Å²) >= 11 is 3.51. The Hall–Kier alpha value is -1.56. The summed E-state index contributed by atoms with van der Waals surface area (Å²) in [5.41, 5.74) is 5.68. The maximum absolute atomic E-state index is 12.1. The molecule has 1 aromatic carbocycles. The van der Waals surface area contributed by atoms with Gasteiger partial charge in [-0.2, -0.15) is 0 Å². The lowest BCUT2D eigenvalue weighted by atomic mass is 9.57. The minimum absolute atomic E-state index is 0.0582. The van der Waals surface area contributed by atoms with Crippen LogP contribution in [0.2, 0.25) is 0 Å². The third-order valence-corrected chi connectivity index (χ3v) is 5.78. The zero-order chi connectivity index (χ0) is 15.5. The smallest absolute Gasteiger partial charge is 0.283 e. The summed E-state index contributed by atoms with van der Waals surface area (Å²) in [4.78, 5) is 16.8. The first kappa shape index (κ1) is 14.1. The molecular weight excluding hydrogens is 348 g/mol. The van der Waals surface area contributed by atoms with Gasteiger partial charge in [0.1, 0.15) is 29.8 Å². The standard InChI is InChI=1S/C16H17BrN2O3/c1-15-7-10(20)3-5-13(15)22-12-4-2-9(17)6-11(12)16(15)8-21-14(18)19-16/h2,4,6,13H,3,5,7-8H2,1H3,(H2,18,19). The van der Waals surface area contributed by atoms with Gasteiger partial charge < -0.3 is 15.2 Å². The first-order valence-electron chi connectivity index (χ1n) is 7.41. The molecule has 3 atom stereocenters. The minimum Gasteiger partial charge on any atom is -0.489 e. The number of hydrogen-bond donors (Lipinski definition) is 1. The third-order valence-electron chi connectivity index (χ3n) is 5.29. The largest absolute Gasteiger partial charge is 0.489 e. The summed E-state index contributed by atoms with van der Waals surface area (Å²) in [5.74, 6) is 1.06. The van der Waals surface area contributed by atoms with Crippen molar-refractivity contribution in [2.45, 2.75) is 37.8 Å². The van der Waals surface area contributed by atoms with Crippen molar-refractivity contribution in [1.82, 2.24) is 0 Å². The quantitative estimate of drug-likeness (QED) is 0.767. The summed E-state index contributed by atoms with van der Waals surface area (Å²) in [6, 6.07) is 6.08. The monoisotopic (exact) mass is 364 g/mol. The van der Waals surface area contributed by atoms with Crippen LogP contribution in [0.4, 0.5) is 0 Å². The van der Waals surface area contributed by atoms with Gasteiger partial charge in [-0.25, -0.2) is 4.99 Å². The fraction of sp³-hybridized carbons (Fsp3) is 0.500. The number of carbonyl (C=O) groups excluding carboxylic acids is 1. The lowest BCUT2D eigenvalue weighted by molar-refractivity contribution is -0.135. The Kier molecular flexibility index (Phi) is 2.86. The Bertz CT molecular complexity index is 705. The van der Waals surface area contributed by atoms with E-state index in [1.54, 1.807) is 0 Å². The average molecular weight is 365 g/mol. The molecule has 1 saturated carbocycles. The topological polar surface area (TPSA) is 73.9 Å². The third kappa shape index (κ3) is 1.70. The highest BCUT2D eigenvalue weighted by atomic mass is 79.9. The van der Waals surface area contributed by atoms with Crippen molar-refractivity contribution in [1.29, 1.82) is 0 Å². The predicted molar refractivity (Wildman–Crippen MR) is 84.8 cm³/mol. The summed E-state index contributed by atoms with van der Waals surface area (Å²) in [6.07, 6.45) is 1.64. The highest BCUT2D eigenvalue weighted by molar-refractivity contribution is 9.10. The number of ether oxygens (including phenoxy) is 2. The maximum atomic E-state index is 12.1. The molecule has 2 aliphatic heterocycles. The zero-order valence-electron chi connectivity index (χ0n) is 12.3. The van der Waals surface area contributed by atoms with Crippen LogP contribution in [-0.4, -0.2) is 24.5 Å². The number of hydrogen-bond acceptors (Lipinski definition) is 5. The number of carbonyl (C=O) groups is 1. The van der Waals surface area contributed by atoms with Gasteiger partial charge in [0.2, 0.25) is 0 Å². The molecule has 0 amide bonds. The molecule has 1 aliphatic carbocycles. The fourth-order valence-electron chi connectivity index (χ4n) is 4.07. The number of fused-ring (bicyclic) bond motifs is 4. The molecular formula is C16H17BrN2O3. The highest BCUT2D eigenvalue weighted by Gasteiger charge is 2.63. The van der Waals surface area contributed by atoms with E-state index in [1.807, 2.05) is 18.2 Å². The van der Waals surface area contributed by atoms with Crippen LogP contribution in [0.5, 0.6) is 5.75 Å². The van der Waals surface area contributed by atoms with Gasteiger partial charge in [-0.05, 0) is 24.6 Å². The molecule has 0 radical (unpaired) electrons. The van der Waals surface area contributed by atoms with Gasteiger partial charge in [0.25, 0.3) is 6.02 Å². The van der Waals surface area contributed by atoms with E-state index in [4.69, 9.17) is 15.2 Å². The molecule has 1 aromatic rings. The molecule has 0 bridgehead atoms. The van der Waals surface area contributed by atoms with Crippen molar-refractivity contribution >= 4 is 27.7 Å². The van der Waals surface area contributed by atoms with E-state index in [2.05, 4.69) is 27.8 Å². The van der Waals surface area contributed by atoms with E-state index in [-0.39, 0.29) is 17.9 Å². The van der Waals surface area contributed by atoms with Crippen molar-refractivity contribution in [3.8, 4) is 5.75 Å². The summed E-state index contributed by atoms with van der Waals surface area (Å²) in [7, 11) is 0. The van der Waals surface area contributed by atoms with Crippen molar-refractivity contribution in [3.05, 3.63) is 28.2 Å². The van der Waals surface area contributed by atoms with Gasteiger partial charge in [-0.15, -0.1) is 0 Å². The molecule has 0 aromatic heterocycles. The normalized spacial score (nSPS) is 36.2. The van der Waals surface area contributed by atoms with Gasteiger partial charge in [0.15, 0.2) is 0 Å². The van der Waals surface area contributed by atoms with E-state index in [9.17, 15) is 4.79 Å². The first-order valence-corrected chi connectivity index (χ1v) is 8.20. The number of amidine groups is 1. The Labute approximate surface area is 137 Å². The lowest BCUT2D eigenvalue weighted by Crippen LogP contribution is -2.59. The van der Waals surface area contributed by atoms with Gasteiger partial charge in [-0.3, -0.25) is 4.79 Å². The molecule has 3 unspecified atom stereocenters. The van der Waals surface area contributed by atoms with Crippen LogP contribution in [0.3, 0.4) is 0 Å². The van der Waals surface area contributed by atoms with Crippen molar-refractivity contribution in [2.75, 3.05) is 6.61 Å². The van der Waals surface area contributed by atoms with Crippen molar-refractivity contribution in [3.63, 3.8) is 0 Å². The summed E-state index contributed by atoms with van der Waals surface area (Å²) in [6.45, 7) is 2.43. The Morgan fingerprint density at radius 2 is 2.27 bits per heavy atom. The molecule has 1 spiro atoms. The Balaban J connectivity index is 1.97. The van der Waals surface area contributed by atoms with Crippen LogP contribution in [0.1, 0.15) is 31.7 Å². The van der Waals surface area contributed by atoms with E-state index in [0.29, 0.717) is 25.9 Å². The molecule has 3 aliphatic rings. The minimum atomic E-state index is -0.658. The summed E-state index contributed by atoms with van der Waals surface area (Å²) in [5, 5.41) is 0. The Morgan fingerprint density at radius 3 is 3.00 bits per heavy atom. The molecule has 0 saturated heterocycles. The van der Waals surface area contributed by atoms with Crippen LogP contribution >= 0.6 is 15.9 Å². The molecule has 6 heteroatoms. The van der Waals surface area contributed by atoms with Gasteiger partial charge in [0, 0.05) is 28.3 Å². The van der Waals surface area contributed by atoms with Crippen LogP contribution < -0.4 is 10.5 Å². The van der Waals surface area contributed by atoms with Gasteiger partial charge in [-0.1, -0.05) is 22.9 Å².